The van der Waals surface area contributed by atoms with E-state index in [-0.39, 0.29) is 0 Å². The number of hydrogen-bond donors (Lipinski definition) is 1. The van der Waals surface area contributed by atoms with E-state index in [1.807, 2.05) is 12.1 Å². The minimum Gasteiger partial charge on any atom is -0.493 e. The summed E-state index contributed by atoms with van der Waals surface area (Å²) in [7, 11) is 3.17. The molecule has 1 aliphatic rings. The Kier molecular flexibility index (Phi) is 3.37. The van der Waals surface area contributed by atoms with Gasteiger partial charge in [0.15, 0.2) is 17.3 Å². The molecule has 0 bridgehead atoms. The standard InChI is InChI=1S/C18H17N3O3/c1-22-14-8-12-13(9-15(14)23-2)20-18(21-17(12)19)11-5-3-4-10-6-7-24-16(10)11/h3-5,8-9H,6-7H2,1-2H3,(H2,19,20,21). The van der Waals surface area contributed by atoms with Crippen molar-refractivity contribution in [3.8, 4) is 28.6 Å². The van der Waals surface area contributed by atoms with E-state index in [1.54, 1.807) is 26.4 Å². The fraction of sp³-hybridized carbons (Fsp3) is 0.222. The number of para-hydroxylation sites is 1. The van der Waals surface area contributed by atoms with Crippen molar-refractivity contribution in [2.75, 3.05) is 26.6 Å². The summed E-state index contributed by atoms with van der Waals surface area (Å²) in [6.45, 7) is 0.681. The number of nitrogen functional groups attached to an aromatic ring is 1. The zero-order chi connectivity index (χ0) is 16.7. The minimum atomic E-state index is 0.395. The van der Waals surface area contributed by atoms with Crippen LogP contribution in [0.4, 0.5) is 5.82 Å². The van der Waals surface area contributed by atoms with Gasteiger partial charge in [0.2, 0.25) is 0 Å². The Labute approximate surface area is 139 Å². The van der Waals surface area contributed by atoms with Gasteiger partial charge >= 0.3 is 0 Å². The van der Waals surface area contributed by atoms with Crippen LogP contribution in [-0.4, -0.2) is 30.8 Å². The van der Waals surface area contributed by atoms with Crippen LogP contribution in [0.5, 0.6) is 17.2 Å². The number of hydrogen-bond acceptors (Lipinski definition) is 6. The van der Waals surface area contributed by atoms with Crippen LogP contribution in [-0.2, 0) is 6.42 Å². The van der Waals surface area contributed by atoms with E-state index in [0.29, 0.717) is 35.3 Å². The maximum Gasteiger partial charge on any atom is 0.165 e. The molecule has 2 heterocycles. The monoisotopic (exact) mass is 323 g/mol. The SMILES string of the molecule is COc1cc2nc(-c3cccc4c3OCC4)nc(N)c2cc1OC. The van der Waals surface area contributed by atoms with Gasteiger partial charge in [-0.15, -0.1) is 0 Å². The molecule has 6 nitrogen and oxygen atoms in total. The number of benzene rings is 2. The summed E-state index contributed by atoms with van der Waals surface area (Å²) in [5.74, 6) is 2.98. The topological polar surface area (TPSA) is 79.5 Å². The van der Waals surface area contributed by atoms with E-state index < -0.39 is 0 Å². The van der Waals surface area contributed by atoms with Crippen molar-refractivity contribution < 1.29 is 14.2 Å². The highest BCUT2D eigenvalue weighted by Gasteiger charge is 2.20. The van der Waals surface area contributed by atoms with Gasteiger partial charge in [-0.2, -0.15) is 0 Å². The molecule has 4 rings (SSSR count). The first kappa shape index (κ1) is 14.6. The highest BCUT2D eigenvalue weighted by atomic mass is 16.5. The first-order valence-electron chi connectivity index (χ1n) is 7.65. The highest BCUT2D eigenvalue weighted by Crippen LogP contribution is 2.38. The molecule has 24 heavy (non-hydrogen) atoms. The predicted octanol–water partition coefficient (Wildman–Crippen LogP) is 2.83. The molecule has 0 amide bonds. The summed E-state index contributed by atoms with van der Waals surface area (Å²) in [6.07, 6.45) is 0.900. The predicted molar refractivity (Wildman–Crippen MR) is 91.7 cm³/mol. The zero-order valence-corrected chi connectivity index (χ0v) is 13.5. The van der Waals surface area contributed by atoms with E-state index in [1.165, 1.54) is 5.56 Å². The van der Waals surface area contributed by atoms with E-state index >= 15 is 0 Å². The molecule has 1 aromatic heterocycles. The molecule has 2 aromatic carbocycles. The van der Waals surface area contributed by atoms with Crippen LogP contribution in [0.15, 0.2) is 30.3 Å². The summed E-state index contributed by atoms with van der Waals surface area (Å²) in [5.41, 5.74) is 8.89. The number of nitrogens with zero attached hydrogens (tertiary/aromatic N) is 2. The van der Waals surface area contributed by atoms with Crippen molar-refractivity contribution in [3.63, 3.8) is 0 Å². The molecule has 0 unspecified atom stereocenters. The molecule has 1 aliphatic heterocycles. The number of ether oxygens (including phenoxy) is 3. The van der Waals surface area contributed by atoms with Crippen LogP contribution in [0.3, 0.4) is 0 Å². The second kappa shape index (κ2) is 5.56. The lowest BCUT2D eigenvalue weighted by Gasteiger charge is -2.12. The fourth-order valence-corrected chi connectivity index (χ4v) is 2.99. The Morgan fingerprint density at radius 3 is 2.67 bits per heavy atom. The Bertz CT molecular complexity index is 940. The number of anilines is 1. The van der Waals surface area contributed by atoms with Gasteiger partial charge in [0, 0.05) is 17.9 Å². The van der Waals surface area contributed by atoms with Crippen molar-refractivity contribution in [2.24, 2.45) is 0 Å². The first-order valence-corrected chi connectivity index (χ1v) is 7.65. The average molecular weight is 323 g/mol. The lowest BCUT2D eigenvalue weighted by atomic mass is 10.1. The second-order valence-electron chi connectivity index (χ2n) is 5.55. The van der Waals surface area contributed by atoms with Gasteiger partial charge in [0.05, 0.1) is 31.9 Å². The molecular weight excluding hydrogens is 306 g/mol. The zero-order valence-electron chi connectivity index (χ0n) is 13.5. The summed E-state index contributed by atoms with van der Waals surface area (Å²) in [4.78, 5) is 9.13. The molecule has 0 saturated heterocycles. The normalized spacial score (nSPS) is 12.8. The molecule has 0 atom stereocenters. The average Bonchev–Trinajstić information content (AvgIpc) is 3.09. The smallest absolute Gasteiger partial charge is 0.165 e. The maximum atomic E-state index is 6.17. The molecule has 0 aliphatic carbocycles. The summed E-state index contributed by atoms with van der Waals surface area (Å²) in [6, 6.07) is 9.59. The van der Waals surface area contributed by atoms with Crippen molar-refractivity contribution in [2.45, 2.75) is 6.42 Å². The Hall–Kier alpha value is -3.02. The van der Waals surface area contributed by atoms with Crippen LogP contribution in [0.1, 0.15) is 5.56 Å². The van der Waals surface area contributed by atoms with Gasteiger partial charge in [-0.3, -0.25) is 0 Å². The second-order valence-corrected chi connectivity index (χ2v) is 5.55. The van der Waals surface area contributed by atoms with Crippen LogP contribution in [0, 0.1) is 0 Å². The molecule has 2 N–H and O–H groups in total. The van der Waals surface area contributed by atoms with Crippen molar-refractivity contribution in [1.29, 1.82) is 0 Å². The molecule has 0 fully saturated rings. The third-order valence-electron chi connectivity index (χ3n) is 4.19. The van der Waals surface area contributed by atoms with Gasteiger partial charge < -0.3 is 19.9 Å². The molecular formula is C18H17N3O3. The van der Waals surface area contributed by atoms with Crippen molar-refractivity contribution in [3.05, 3.63) is 35.9 Å². The number of methoxy groups -OCH3 is 2. The van der Waals surface area contributed by atoms with Gasteiger partial charge in [0.1, 0.15) is 11.6 Å². The van der Waals surface area contributed by atoms with E-state index in [2.05, 4.69) is 16.0 Å². The van der Waals surface area contributed by atoms with Crippen molar-refractivity contribution >= 4 is 16.7 Å². The highest BCUT2D eigenvalue weighted by molar-refractivity contribution is 5.92. The van der Waals surface area contributed by atoms with Crippen LogP contribution in [0.25, 0.3) is 22.3 Å². The molecule has 122 valence electrons. The maximum absolute atomic E-state index is 6.17. The minimum absolute atomic E-state index is 0.395. The summed E-state index contributed by atoms with van der Waals surface area (Å²) < 4.78 is 16.4. The number of fused-ring (bicyclic) bond motifs is 2. The largest absolute Gasteiger partial charge is 0.493 e. The lowest BCUT2D eigenvalue weighted by Crippen LogP contribution is -2.00. The molecule has 0 saturated carbocycles. The Balaban J connectivity index is 1.94. The third kappa shape index (κ3) is 2.19. The van der Waals surface area contributed by atoms with Gasteiger partial charge in [-0.25, -0.2) is 9.97 Å². The van der Waals surface area contributed by atoms with Crippen LogP contribution in [0.2, 0.25) is 0 Å². The number of nitrogens with two attached hydrogens (primary N) is 1. The Morgan fingerprint density at radius 2 is 1.88 bits per heavy atom. The number of aromatic nitrogens is 2. The fourth-order valence-electron chi connectivity index (χ4n) is 2.99. The van der Waals surface area contributed by atoms with Gasteiger partial charge in [0.25, 0.3) is 0 Å². The molecule has 0 radical (unpaired) electrons. The van der Waals surface area contributed by atoms with Crippen LogP contribution < -0.4 is 19.9 Å². The number of rotatable bonds is 3. The van der Waals surface area contributed by atoms with E-state index in [0.717, 1.165) is 23.1 Å². The lowest BCUT2D eigenvalue weighted by molar-refractivity contribution is 0.355. The Morgan fingerprint density at radius 1 is 1.08 bits per heavy atom. The molecule has 6 heteroatoms. The molecule has 3 aromatic rings. The molecule has 0 spiro atoms. The summed E-state index contributed by atoms with van der Waals surface area (Å²) in [5, 5.41) is 0.727. The first-order chi connectivity index (χ1) is 11.7. The van der Waals surface area contributed by atoms with Gasteiger partial charge in [-0.1, -0.05) is 12.1 Å². The van der Waals surface area contributed by atoms with E-state index in [4.69, 9.17) is 19.9 Å². The van der Waals surface area contributed by atoms with Crippen molar-refractivity contribution in [1.82, 2.24) is 9.97 Å². The quantitative estimate of drug-likeness (QED) is 0.798. The van der Waals surface area contributed by atoms with Gasteiger partial charge in [-0.05, 0) is 17.7 Å². The van der Waals surface area contributed by atoms with Crippen LogP contribution >= 0.6 is 0 Å². The summed E-state index contributed by atoms with van der Waals surface area (Å²) >= 11 is 0. The third-order valence-corrected chi connectivity index (χ3v) is 4.19. The van der Waals surface area contributed by atoms with E-state index in [9.17, 15) is 0 Å².